The van der Waals surface area contributed by atoms with Gasteiger partial charge in [-0.3, -0.25) is 14.7 Å². The summed E-state index contributed by atoms with van der Waals surface area (Å²) in [6.07, 6.45) is 4.82. The Labute approximate surface area is 163 Å². The lowest BCUT2D eigenvalue weighted by atomic mass is 9.94. The highest BCUT2D eigenvalue weighted by Gasteiger charge is 2.27. The molecule has 0 unspecified atom stereocenters. The molecule has 2 heterocycles. The van der Waals surface area contributed by atoms with E-state index in [0.717, 1.165) is 42.6 Å². The molecule has 0 atom stereocenters. The van der Waals surface area contributed by atoms with Crippen molar-refractivity contribution in [1.82, 2.24) is 9.88 Å². The van der Waals surface area contributed by atoms with E-state index < -0.39 is 12.1 Å². The van der Waals surface area contributed by atoms with Gasteiger partial charge in [0.05, 0.1) is 17.9 Å². The number of hydrogen-bond donors (Lipinski definition) is 0. The molecule has 0 spiro atoms. The summed E-state index contributed by atoms with van der Waals surface area (Å²) < 4.78 is 9.91. The molecule has 0 saturated heterocycles. The van der Waals surface area contributed by atoms with Gasteiger partial charge < -0.3 is 9.47 Å². The van der Waals surface area contributed by atoms with Crippen LogP contribution in [-0.4, -0.2) is 34.8 Å². The second-order valence-corrected chi connectivity index (χ2v) is 7.39. The van der Waals surface area contributed by atoms with Crippen LogP contribution in [0.3, 0.4) is 0 Å². The number of esters is 1. The van der Waals surface area contributed by atoms with Gasteiger partial charge in [0.1, 0.15) is 0 Å². The van der Waals surface area contributed by atoms with Crippen molar-refractivity contribution in [1.29, 1.82) is 0 Å². The number of amides is 1. The zero-order valence-electron chi connectivity index (χ0n) is 15.4. The van der Waals surface area contributed by atoms with Gasteiger partial charge in [-0.25, -0.2) is 4.79 Å². The Kier molecular flexibility index (Phi) is 6.81. The third kappa shape index (κ3) is 5.53. The van der Waals surface area contributed by atoms with Crippen LogP contribution in [0.25, 0.3) is 11.3 Å². The maximum absolute atomic E-state index is 12.6. The Hall–Kier alpha value is -2.41. The van der Waals surface area contributed by atoms with E-state index in [0.29, 0.717) is 6.54 Å². The largest absolute Gasteiger partial charge is 0.428 e. The maximum atomic E-state index is 12.6. The Bertz CT molecular complexity index is 757. The lowest BCUT2D eigenvalue weighted by molar-refractivity contribution is -0.149. The summed E-state index contributed by atoms with van der Waals surface area (Å²) in [6, 6.07) is 8.00. The van der Waals surface area contributed by atoms with E-state index in [-0.39, 0.29) is 12.8 Å². The fourth-order valence-corrected chi connectivity index (χ4v) is 3.94. The van der Waals surface area contributed by atoms with Gasteiger partial charge >= 0.3 is 12.1 Å². The molecule has 0 N–H and O–H groups in total. The fraction of sp³-hybridized carbons (Fsp3) is 0.450. The quantitative estimate of drug-likeness (QED) is 0.534. The molecule has 3 rings (SSSR count). The molecule has 0 radical (unpaired) electrons. The van der Waals surface area contributed by atoms with Gasteiger partial charge in [0.25, 0.3) is 0 Å². The number of carbonyl (C=O) groups is 2. The first kappa shape index (κ1) is 19.4. The first-order valence-electron chi connectivity index (χ1n) is 9.19. The second kappa shape index (κ2) is 9.50. The smallest absolute Gasteiger partial charge is 0.413 e. The molecule has 7 heteroatoms. The number of nitrogens with zero attached hydrogens (tertiary/aromatic N) is 2. The number of ether oxygens (including phenoxy) is 2. The van der Waals surface area contributed by atoms with Gasteiger partial charge in [0.15, 0.2) is 0 Å². The van der Waals surface area contributed by atoms with Crippen molar-refractivity contribution in [3.8, 4) is 11.3 Å². The molecular weight excluding hydrogens is 364 g/mol. The van der Waals surface area contributed by atoms with Crippen LogP contribution in [0.15, 0.2) is 35.0 Å². The van der Waals surface area contributed by atoms with Crippen LogP contribution in [0.5, 0.6) is 0 Å². The summed E-state index contributed by atoms with van der Waals surface area (Å²) in [5.41, 5.74) is 2.78. The monoisotopic (exact) mass is 388 g/mol. The van der Waals surface area contributed by atoms with Crippen molar-refractivity contribution in [2.24, 2.45) is 0 Å². The van der Waals surface area contributed by atoms with Crippen LogP contribution in [0.4, 0.5) is 4.79 Å². The van der Waals surface area contributed by atoms with Crippen LogP contribution in [0, 0.1) is 0 Å². The predicted molar refractivity (Wildman–Crippen MR) is 103 cm³/mol. The molecule has 0 bridgehead atoms. The maximum Gasteiger partial charge on any atom is 0.413 e. The number of hydrogen-bond acceptors (Lipinski definition) is 6. The highest BCUT2D eigenvalue weighted by Crippen LogP contribution is 2.25. The van der Waals surface area contributed by atoms with Crippen LogP contribution in [0.1, 0.15) is 44.7 Å². The molecular formula is C20H24N2O4S. The summed E-state index contributed by atoms with van der Waals surface area (Å²) >= 11 is 1.63. The molecule has 1 saturated carbocycles. The lowest BCUT2D eigenvalue weighted by Gasteiger charge is -2.33. The molecule has 144 valence electrons. The third-order valence-electron chi connectivity index (χ3n) is 4.65. The summed E-state index contributed by atoms with van der Waals surface area (Å²) in [4.78, 5) is 30.0. The minimum atomic E-state index is -0.475. The molecule has 0 aromatic carbocycles. The minimum absolute atomic E-state index is 0.121. The molecule has 6 nitrogen and oxygen atoms in total. The lowest BCUT2D eigenvalue weighted by Crippen LogP contribution is -2.41. The van der Waals surface area contributed by atoms with Crippen molar-refractivity contribution in [2.75, 3.05) is 6.79 Å². The van der Waals surface area contributed by atoms with Crippen molar-refractivity contribution in [3.05, 3.63) is 40.7 Å². The summed E-state index contributed by atoms with van der Waals surface area (Å²) in [5, 5.41) is 4.07. The van der Waals surface area contributed by atoms with Gasteiger partial charge in [0, 0.05) is 23.9 Å². The van der Waals surface area contributed by atoms with Crippen molar-refractivity contribution < 1.29 is 19.1 Å². The highest BCUT2D eigenvalue weighted by atomic mass is 32.1. The van der Waals surface area contributed by atoms with E-state index in [1.165, 1.54) is 13.3 Å². The van der Waals surface area contributed by atoms with E-state index in [4.69, 9.17) is 14.5 Å². The van der Waals surface area contributed by atoms with Crippen molar-refractivity contribution >= 4 is 23.4 Å². The van der Waals surface area contributed by atoms with E-state index in [2.05, 4.69) is 5.38 Å². The average molecular weight is 388 g/mol. The van der Waals surface area contributed by atoms with Gasteiger partial charge in [0.2, 0.25) is 6.79 Å². The normalized spacial score (nSPS) is 14.6. The number of carbonyl (C=O) groups excluding carboxylic acids is 2. The van der Waals surface area contributed by atoms with E-state index in [1.807, 2.05) is 29.6 Å². The van der Waals surface area contributed by atoms with Crippen LogP contribution >= 0.6 is 11.3 Å². The number of thiophene rings is 1. The topological polar surface area (TPSA) is 68.7 Å². The Morgan fingerprint density at radius 3 is 2.70 bits per heavy atom. The summed E-state index contributed by atoms with van der Waals surface area (Å²) in [6.45, 7) is 1.30. The predicted octanol–water partition coefficient (Wildman–Crippen LogP) is 4.60. The van der Waals surface area contributed by atoms with Crippen molar-refractivity contribution in [2.45, 2.75) is 51.6 Å². The molecule has 1 aliphatic rings. The Morgan fingerprint density at radius 1 is 1.19 bits per heavy atom. The fourth-order valence-electron chi connectivity index (χ4n) is 3.29. The zero-order chi connectivity index (χ0) is 19.1. The SMILES string of the molecule is CC(=O)OCOC(=O)N(Cc1cccc(-c2ccsc2)n1)C1CCCCC1. The molecule has 27 heavy (non-hydrogen) atoms. The number of rotatable bonds is 6. The molecule has 2 aromatic heterocycles. The molecule has 2 aromatic rings. The van der Waals surface area contributed by atoms with E-state index in [1.54, 1.807) is 16.2 Å². The second-order valence-electron chi connectivity index (χ2n) is 6.61. The molecule has 0 aliphatic heterocycles. The number of pyridine rings is 1. The standard InChI is InChI=1S/C20H24N2O4S/c1-15(23)25-14-26-20(24)22(18-7-3-2-4-8-18)12-17-6-5-9-19(21-17)16-10-11-27-13-16/h5-6,9-11,13,18H,2-4,7-8,12,14H2,1H3. The minimum Gasteiger partial charge on any atom is -0.428 e. The van der Waals surface area contributed by atoms with Crippen LogP contribution < -0.4 is 0 Å². The molecule has 1 amide bonds. The van der Waals surface area contributed by atoms with Gasteiger partial charge in [-0.15, -0.1) is 0 Å². The van der Waals surface area contributed by atoms with Gasteiger partial charge in [-0.1, -0.05) is 25.3 Å². The highest BCUT2D eigenvalue weighted by molar-refractivity contribution is 7.08. The first-order valence-corrected chi connectivity index (χ1v) is 10.1. The zero-order valence-corrected chi connectivity index (χ0v) is 16.2. The molecule has 1 fully saturated rings. The van der Waals surface area contributed by atoms with Crippen molar-refractivity contribution in [3.63, 3.8) is 0 Å². The molecule has 1 aliphatic carbocycles. The Balaban J connectivity index is 1.73. The summed E-state index contributed by atoms with van der Waals surface area (Å²) in [7, 11) is 0. The number of aromatic nitrogens is 1. The van der Waals surface area contributed by atoms with Crippen LogP contribution in [-0.2, 0) is 20.8 Å². The van der Waals surface area contributed by atoms with Gasteiger partial charge in [-0.05, 0) is 36.4 Å². The first-order chi connectivity index (χ1) is 13.1. The summed E-state index contributed by atoms with van der Waals surface area (Å²) in [5.74, 6) is -0.475. The van der Waals surface area contributed by atoms with E-state index in [9.17, 15) is 9.59 Å². The van der Waals surface area contributed by atoms with E-state index >= 15 is 0 Å². The van der Waals surface area contributed by atoms with Gasteiger partial charge in [-0.2, -0.15) is 11.3 Å². The van der Waals surface area contributed by atoms with Crippen LogP contribution in [0.2, 0.25) is 0 Å². The third-order valence-corrected chi connectivity index (χ3v) is 5.33. The average Bonchev–Trinajstić information content (AvgIpc) is 3.21. The Morgan fingerprint density at radius 2 is 2.00 bits per heavy atom.